The third-order valence-electron chi connectivity index (χ3n) is 4.08. The van der Waals surface area contributed by atoms with Crippen LogP contribution in [0.25, 0.3) is 0 Å². The van der Waals surface area contributed by atoms with Crippen LogP contribution in [0.15, 0.2) is 24.3 Å². The maximum Gasteiger partial charge on any atom is 0.119 e. The van der Waals surface area contributed by atoms with Crippen molar-refractivity contribution in [3.05, 3.63) is 29.8 Å². The minimum Gasteiger partial charge on any atom is -0.494 e. The fraction of sp³-hybridized carbons (Fsp3) is 0.667. The number of nitrogens with one attached hydrogen (secondary N) is 1. The number of benzene rings is 1. The minimum atomic E-state index is 0.678. The second kappa shape index (κ2) is 9.06. The number of ether oxygens (including phenoxy) is 1. The fourth-order valence-corrected chi connectivity index (χ4v) is 3.00. The molecule has 1 aliphatic rings. The van der Waals surface area contributed by atoms with Crippen molar-refractivity contribution in [3.63, 3.8) is 0 Å². The average Bonchev–Trinajstić information content (AvgIpc) is 2.98. The van der Waals surface area contributed by atoms with Gasteiger partial charge >= 0.3 is 0 Å². The highest BCUT2D eigenvalue weighted by Gasteiger charge is 2.17. The predicted molar refractivity (Wildman–Crippen MR) is 88.8 cm³/mol. The molecule has 1 saturated heterocycles. The van der Waals surface area contributed by atoms with Gasteiger partial charge in [0, 0.05) is 19.1 Å². The summed E-state index contributed by atoms with van der Waals surface area (Å²) in [5, 5.41) is 3.61. The molecule has 0 amide bonds. The zero-order valence-corrected chi connectivity index (χ0v) is 13.6. The molecule has 0 bridgehead atoms. The molecule has 21 heavy (non-hydrogen) atoms. The van der Waals surface area contributed by atoms with Crippen LogP contribution in [0.5, 0.6) is 5.75 Å². The minimum absolute atomic E-state index is 0.678. The van der Waals surface area contributed by atoms with Crippen LogP contribution in [0.1, 0.15) is 45.1 Å². The molecule has 1 aromatic rings. The fourth-order valence-electron chi connectivity index (χ4n) is 3.00. The molecule has 1 unspecified atom stereocenters. The maximum atomic E-state index is 5.61. The smallest absolute Gasteiger partial charge is 0.119 e. The Balaban J connectivity index is 1.93. The van der Waals surface area contributed by atoms with Crippen molar-refractivity contribution in [2.75, 3.05) is 26.2 Å². The summed E-state index contributed by atoms with van der Waals surface area (Å²) >= 11 is 0. The molecule has 2 rings (SSSR count). The van der Waals surface area contributed by atoms with Crippen LogP contribution in [-0.2, 0) is 6.54 Å². The first-order chi connectivity index (χ1) is 10.3. The van der Waals surface area contributed by atoms with E-state index in [0.717, 1.165) is 18.9 Å². The van der Waals surface area contributed by atoms with E-state index in [4.69, 9.17) is 4.74 Å². The van der Waals surface area contributed by atoms with Crippen LogP contribution in [0, 0.1) is 0 Å². The summed E-state index contributed by atoms with van der Waals surface area (Å²) < 4.78 is 5.61. The molecule has 0 aliphatic carbocycles. The molecule has 3 heteroatoms. The van der Waals surface area contributed by atoms with Gasteiger partial charge in [0.15, 0.2) is 0 Å². The highest BCUT2D eigenvalue weighted by molar-refractivity contribution is 5.28. The highest BCUT2D eigenvalue weighted by Crippen LogP contribution is 2.16. The molecule has 1 atom stereocenters. The van der Waals surface area contributed by atoms with Gasteiger partial charge in [0.25, 0.3) is 0 Å². The predicted octanol–water partition coefficient (Wildman–Crippen LogP) is 3.44. The number of nitrogens with zero attached hydrogens (tertiary/aromatic N) is 1. The zero-order valence-electron chi connectivity index (χ0n) is 13.6. The average molecular weight is 290 g/mol. The Morgan fingerprint density at radius 3 is 2.95 bits per heavy atom. The van der Waals surface area contributed by atoms with Crippen LogP contribution in [0.2, 0.25) is 0 Å². The van der Waals surface area contributed by atoms with Gasteiger partial charge in [0.2, 0.25) is 0 Å². The molecule has 0 aromatic heterocycles. The Morgan fingerprint density at radius 1 is 1.33 bits per heavy atom. The third kappa shape index (κ3) is 5.68. The van der Waals surface area contributed by atoms with Crippen LogP contribution >= 0.6 is 0 Å². The van der Waals surface area contributed by atoms with E-state index in [1.165, 1.54) is 50.9 Å². The molecule has 0 spiro atoms. The van der Waals surface area contributed by atoms with Crippen molar-refractivity contribution in [1.29, 1.82) is 0 Å². The van der Waals surface area contributed by atoms with Crippen molar-refractivity contribution < 1.29 is 4.74 Å². The summed E-state index contributed by atoms with van der Waals surface area (Å²) in [6, 6.07) is 9.22. The first-order valence-corrected chi connectivity index (χ1v) is 8.49. The lowest BCUT2D eigenvalue weighted by atomic mass is 10.1. The van der Waals surface area contributed by atoms with E-state index in [9.17, 15) is 0 Å². The quantitative estimate of drug-likeness (QED) is 0.754. The molecule has 0 radical (unpaired) electrons. The van der Waals surface area contributed by atoms with Gasteiger partial charge in [0.1, 0.15) is 5.75 Å². The summed E-state index contributed by atoms with van der Waals surface area (Å²) in [6.45, 7) is 9.60. The Morgan fingerprint density at radius 2 is 2.24 bits per heavy atom. The summed E-state index contributed by atoms with van der Waals surface area (Å²) in [5.74, 6) is 0.990. The van der Waals surface area contributed by atoms with Crippen molar-refractivity contribution in [1.82, 2.24) is 10.2 Å². The highest BCUT2D eigenvalue weighted by atomic mass is 16.5. The van der Waals surface area contributed by atoms with Gasteiger partial charge in [-0.05, 0) is 57.0 Å². The van der Waals surface area contributed by atoms with Gasteiger partial charge in [-0.1, -0.05) is 25.5 Å². The van der Waals surface area contributed by atoms with E-state index in [0.29, 0.717) is 6.04 Å². The molecule has 3 nitrogen and oxygen atoms in total. The standard InChI is InChI=1S/C18H30N2O/c1-3-5-12-20(15-17-9-7-11-19-17)14-16-8-6-10-18(13-16)21-4-2/h6,8,10,13,17,19H,3-5,7,9,11-12,14-15H2,1-2H3. The number of hydrogen-bond donors (Lipinski definition) is 1. The summed E-state index contributed by atoms with van der Waals surface area (Å²) in [7, 11) is 0. The first kappa shape index (κ1) is 16.3. The Bertz CT molecular complexity index is 402. The first-order valence-electron chi connectivity index (χ1n) is 8.49. The van der Waals surface area contributed by atoms with E-state index in [2.05, 4.69) is 35.3 Å². The lowest BCUT2D eigenvalue weighted by molar-refractivity contribution is 0.237. The third-order valence-corrected chi connectivity index (χ3v) is 4.08. The Kier molecular flexibility index (Phi) is 7.04. The molecule has 118 valence electrons. The molecule has 1 aromatic carbocycles. The second-order valence-corrected chi connectivity index (χ2v) is 5.96. The van der Waals surface area contributed by atoms with Gasteiger partial charge in [-0.15, -0.1) is 0 Å². The number of unbranched alkanes of at least 4 members (excludes halogenated alkanes) is 1. The SMILES string of the molecule is CCCCN(Cc1cccc(OCC)c1)CC1CCCN1. The van der Waals surface area contributed by atoms with E-state index >= 15 is 0 Å². The number of hydrogen-bond acceptors (Lipinski definition) is 3. The molecule has 1 fully saturated rings. The topological polar surface area (TPSA) is 24.5 Å². The van der Waals surface area contributed by atoms with Crippen LogP contribution in [0.4, 0.5) is 0 Å². The van der Waals surface area contributed by atoms with Crippen LogP contribution in [-0.4, -0.2) is 37.2 Å². The monoisotopic (exact) mass is 290 g/mol. The van der Waals surface area contributed by atoms with Crippen molar-refractivity contribution >= 4 is 0 Å². The zero-order chi connectivity index (χ0) is 14.9. The largest absolute Gasteiger partial charge is 0.494 e. The Labute approximate surface area is 129 Å². The summed E-state index contributed by atoms with van der Waals surface area (Å²) in [5.41, 5.74) is 1.36. The van der Waals surface area contributed by atoms with E-state index in [1.807, 2.05) is 13.0 Å². The van der Waals surface area contributed by atoms with Gasteiger partial charge in [0.05, 0.1) is 6.61 Å². The van der Waals surface area contributed by atoms with Crippen LogP contribution in [0.3, 0.4) is 0 Å². The van der Waals surface area contributed by atoms with Gasteiger partial charge in [-0.3, -0.25) is 4.90 Å². The van der Waals surface area contributed by atoms with Gasteiger partial charge in [-0.25, -0.2) is 0 Å². The van der Waals surface area contributed by atoms with Gasteiger partial charge in [-0.2, -0.15) is 0 Å². The lowest BCUT2D eigenvalue weighted by Crippen LogP contribution is -2.37. The molecule has 1 N–H and O–H groups in total. The maximum absolute atomic E-state index is 5.61. The normalized spacial score (nSPS) is 18.3. The Hall–Kier alpha value is -1.06. The van der Waals surface area contributed by atoms with Crippen molar-refractivity contribution in [2.24, 2.45) is 0 Å². The van der Waals surface area contributed by atoms with Crippen molar-refractivity contribution in [2.45, 2.75) is 52.1 Å². The van der Waals surface area contributed by atoms with E-state index in [-0.39, 0.29) is 0 Å². The van der Waals surface area contributed by atoms with E-state index in [1.54, 1.807) is 0 Å². The van der Waals surface area contributed by atoms with Crippen molar-refractivity contribution in [3.8, 4) is 5.75 Å². The molecule has 1 aliphatic heterocycles. The molecule has 1 heterocycles. The summed E-state index contributed by atoms with van der Waals surface area (Å²) in [6.07, 6.45) is 5.18. The number of rotatable bonds is 9. The second-order valence-electron chi connectivity index (χ2n) is 5.96. The molecule has 0 saturated carbocycles. The van der Waals surface area contributed by atoms with Crippen LogP contribution < -0.4 is 10.1 Å². The summed E-state index contributed by atoms with van der Waals surface area (Å²) in [4.78, 5) is 2.59. The van der Waals surface area contributed by atoms with Gasteiger partial charge < -0.3 is 10.1 Å². The molecular weight excluding hydrogens is 260 g/mol. The molecular formula is C18H30N2O. The lowest BCUT2D eigenvalue weighted by Gasteiger charge is -2.25. The van der Waals surface area contributed by atoms with E-state index < -0.39 is 0 Å².